The van der Waals surface area contributed by atoms with E-state index in [1.165, 1.54) is 4.90 Å². The number of nitrogens with zero attached hydrogens (tertiary/aromatic N) is 2. The summed E-state index contributed by atoms with van der Waals surface area (Å²) in [6.07, 6.45) is 3.39. The lowest BCUT2D eigenvalue weighted by Gasteiger charge is -2.15. The Kier molecular flexibility index (Phi) is 6.03. The monoisotopic (exact) mass is 427 g/mol. The first-order chi connectivity index (χ1) is 15.4. The van der Waals surface area contributed by atoms with E-state index in [0.29, 0.717) is 16.8 Å². The summed E-state index contributed by atoms with van der Waals surface area (Å²) in [5.74, 6) is 0.0484. The van der Waals surface area contributed by atoms with Gasteiger partial charge in [0.05, 0.1) is 18.2 Å². The number of aryl methyl sites for hydroxylation is 1. The summed E-state index contributed by atoms with van der Waals surface area (Å²) in [6, 6.07) is 18.6. The normalized spacial score (nSPS) is 13.8. The fraction of sp³-hybridized carbons (Fsp3) is 0.192. The van der Waals surface area contributed by atoms with Crippen LogP contribution in [0.25, 0.3) is 5.57 Å². The van der Waals surface area contributed by atoms with Gasteiger partial charge in [0.15, 0.2) is 0 Å². The molecule has 0 spiro atoms. The van der Waals surface area contributed by atoms with Crippen molar-refractivity contribution in [3.63, 3.8) is 0 Å². The summed E-state index contributed by atoms with van der Waals surface area (Å²) in [4.78, 5) is 32.0. The van der Waals surface area contributed by atoms with Gasteiger partial charge in [-0.2, -0.15) is 0 Å². The SMILES string of the molecule is Cc1ccc(C2=C(Nc3ccc(OC(C)C)cc3)C(=O)N(Cc3cccnc3)C2=O)cc1. The summed E-state index contributed by atoms with van der Waals surface area (Å²) in [7, 11) is 0. The van der Waals surface area contributed by atoms with Crippen molar-refractivity contribution >= 4 is 23.1 Å². The van der Waals surface area contributed by atoms with Gasteiger partial charge in [0.25, 0.3) is 11.8 Å². The second-order valence-corrected chi connectivity index (χ2v) is 7.99. The first-order valence-electron chi connectivity index (χ1n) is 10.5. The molecule has 0 saturated carbocycles. The number of carbonyl (C=O) groups excluding carboxylic acids is 2. The first kappa shape index (κ1) is 21.3. The first-order valence-corrected chi connectivity index (χ1v) is 10.5. The van der Waals surface area contributed by atoms with Crippen LogP contribution in [0.1, 0.15) is 30.5 Å². The zero-order chi connectivity index (χ0) is 22.7. The quantitative estimate of drug-likeness (QED) is 0.559. The summed E-state index contributed by atoms with van der Waals surface area (Å²) < 4.78 is 5.69. The molecule has 0 unspecified atom stereocenters. The van der Waals surface area contributed by atoms with Crippen LogP contribution in [0.5, 0.6) is 5.75 Å². The molecule has 1 aliphatic rings. The highest BCUT2D eigenvalue weighted by Gasteiger charge is 2.39. The molecule has 4 rings (SSSR count). The topological polar surface area (TPSA) is 71.5 Å². The number of pyridine rings is 1. The molecule has 0 atom stereocenters. The smallest absolute Gasteiger partial charge is 0.278 e. The molecular formula is C26H25N3O3. The molecule has 6 nitrogen and oxygen atoms in total. The van der Waals surface area contributed by atoms with Gasteiger partial charge in [-0.15, -0.1) is 0 Å². The standard InChI is InChI=1S/C26H25N3O3/c1-17(2)32-22-12-10-21(11-13-22)28-24-23(20-8-6-18(3)7-9-20)25(30)29(26(24)31)16-19-5-4-14-27-15-19/h4-15,17,28H,16H2,1-3H3. The highest BCUT2D eigenvalue weighted by Crippen LogP contribution is 2.32. The van der Waals surface area contributed by atoms with Crippen LogP contribution < -0.4 is 10.1 Å². The highest BCUT2D eigenvalue weighted by atomic mass is 16.5. The Hall–Kier alpha value is -3.93. The molecule has 2 heterocycles. The van der Waals surface area contributed by atoms with Gasteiger partial charge in [-0.3, -0.25) is 19.5 Å². The number of benzene rings is 2. The molecule has 2 aromatic carbocycles. The van der Waals surface area contributed by atoms with Crippen molar-refractivity contribution in [3.05, 3.63) is 95.4 Å². The van der Waals surface area contributed by atoms with Crippen LogP contribution in [0.2, 0.25) is 0 Å². The minimum Gasteiger partial charge on any atom is -0.491 e. The predicted molar refractivity (Wildman–Crippen MR) is 124 cm³/mol. The van der Waals surface area contributed by atoms with Gasteiger partial charge in [0.1, 0.15) is 11.4 Å². The van der Waals surface area contributed by atoms with Gasteiger partial charge in [-0.05, 0) is 62.2 Å². The van der Waals surface area contributed by atoms with E-state index in [1.54, 1.807) is 18.5 Å². The maximum atomic E-state index is 13.3. The molecule has 2 amide bonds. The van der Waals surface area contributed by atoms with E-state index in [2.05, 4.69) is 10.3 Å². The lowest BCUT2D eigenvalue weighted by molar-refractivity contribution is -0.137. The Bertz CT molecular complexity index is 1150. The number of nitrogens with one attached hydrogen (secondary N) is 1. The summed E-state index contributed by atoms with van der Waals surface area (Å²) in [5, 5.41) is 3.18. The number of ether oxygens (including phenoxy) is 1. The number of aromatic nitrogens is 1. The third-order valence-corrected chi connectivity index (χ3v) is 5.07. The average Bonchev–Trinajstić information content (AvgIpc) is 3.00. The van der Waals surface area contributed by atoms with Crippen LogP contribution in [0, 0.1) is 6.92 Å². The fourth-order valence-electron chi connectivity index (χ4n) is 3.53. The number of hydrogen-bond donors (Lipinski definition) is 1. The van der Waals surface area contributed by atoms with Gasteiger partial charge in [-0.1, -0.05) is 35.9 Å². The maximum Gasteiger partial charge on any atom is 0.278 e. The molecule has 3 aromatic rings. The van der Waals surface area contributed by atoms with E-state index >= 15 is 0 Å². The van der Waals surface area contributed by atoms with Crippen LogP contribution in [-0.4, -0.2) is 27.8 Å². The molecule has 0 radical (unpaired) electrons. The summed E-state index contributed by atoms with van der Waals surface area (Å²) >= 11 is 0. The van der Waals surface area contributed by atoms with Crippen molar-refractivity contribution in [2.75, 3.05) is 5.32 Å². The van der Waals surface area contributed by atoms with Gasteiger partial charge in [-0.25, -0.2) is 0 Å². The molecular weight excluding hydrogens is 402 g/mol. The van der Waals surface area contributed by atoms with E-state index in [0.717, 1.165) is 16.9 Å². The lowest BCUT2D eigenvalue weighted by atomic mass is 10.0. The van der Waals surface area contributed by atoms with Crippen LogP contribution >= 0.6 is 0 Å². The zero-order valence-electron chi connectivity index (χ0n) is 18.3. The second kappa shape index (κ2) is 9.06. The van der Waals surface area contributed by atoms with Gasteiger partial charge in [0, 0.05) is 18.1 Å². The summed E-state index contributed by atoms with van der Waals surface area (Å²) in [5.41, 5.74) is 3.89. The van der Waals surface area contributed by atoms with Crippen molar-refractivity contribution in [2.45, 2.75) is 33.4 Å². The van der Waals surface area contributed by atoms with E-state index in [1.807, 2.05) is 75.4 Å². The minimum atomic E-state index is -0.364. The van der Waals surface area contributed by atoms with Gasteiger partial charge in [0.2, 0.25) is 0 Å². The molecule has 0 saturated heterocycles. The third-order valence-electron chi connectivity index (χ3n) is 5.07. The Morgan fingerprint density at radius 3 is 2.31 bits per heavy atom. The Morgan fingerprint density at radius 2 is 1.69 bits per heavy atom. The second-order valence-electron chi connectivity index (χ2n) is 7.99. The number of amides is 2. The molecule has 162 valence electrons. The Balaban J connectivity index is 1.68. The van der Waals surface area contributed by atoms with Crippen molar-refractivity contribution in [1.82, 2.24) is 9.88 Å². The fourth-order valence-corrected chi connectivity index (χ4v) is 3.53. The van der Waals surface area contributed by atoms with Gasteiger partial charge < -0.3 is 10.1 Å². The maximum absolute atomic E-state index is 13.3. The van der Waals surface area contributed by atoms with Gasteiger partial charge >= 0.3 is 0 Å². The molecule has 0 fully saturated rings. The molecule has 0 aliphatic carbocycles. The lowest BCUT2D eigenvalue weighted by Crippen LogP contribution is -2.32. The average molecular weight is 428 g/mol. The largest absolute Gasteiger partial charge is 0.491 e. The molecule has 1 aliphatic heterocycles. The number of anilines is 1. The number of imide groups is 1. The molecule has 1 aromatic heterocycles. The van der Waals surface area contributed by atoms with Crippen LogP contribution in [0.3, 0.4) is 0 Å². The van der Waals surface area contributed by atoms with Crippen molar-refractivity contribution in [3.8, 4) is 5.75 Å². The Labute approximate surface area is 187 Å². The van der Waals surface area contributed by atoms with E-state index < -0.39 is 0 Å². The zero-order valence-corrected chi connectivity index (χ0v) is 18.3. The molecule has 0 bridgehead atoms. The van der Waals surface area contributed by atoms with Crippen LogP contribution in [-0.2, 0) is 16.1 Å². The minimum absolute atomic E-state index is 0.0692. The Morgan fingerprint density at radius 1 is 0.969 bits per heavy atom. The van der Waals surface area contributed by atoms with Crippen molar-refractivity contribution in [1.29, 1.82) is 0 Å². The third kappa shape index (κ3) is 4.54. The predicted octanol–water partition coefficient (Wildman–Crippen LogP) is 4.57. The van der Waals surface area contributed by atoms with Crippen LogP contribution in [0.4, 0.5) is 5.69 Å². The van der Waals surface area contributed by atoms with Crippen LogP contribution in [0.15, 0.2) is 78.8 Å². The molecule has 6 heteroatoms. The van der Waals surface area contributed by atoms with Crippen molar-refractivity contribution in [2.24, 2.45) is 0 Å². The summed E-state index contributed by atoms with van der Waals surface area (Å²) in [6.45, 7) is 6.07. The number of rotatable bonds is 7. The van der Waals surface area contributed by atoms with E-state index in [4.69, 9.17) is 4.74 Å². The van der Waals surface area contributed by atoms with E-state index in [-0.39, 0.29) is 30.2 Å². The number of hydrogen-bond acceptors (Lipinski definition) is 5. The van der Waals surface area contributed by atoms with Crippen molar-refractivity contribution < 1.29 is 14.3 Å². The molecule has 32 heavy (non-hydrogen) atoms. The number of carbonyl (C=O) groups is 2. The van der Waals surface area contributed by atoms with E-state index in [9.17, 15) is 9.59 Å². The molecule has 1 N–H and O–H groups in total. The highest BCUT2D eigenvalue weighted by molar-refractivity contribution is 6.36.